The van der Waals surface area contributed by atoms with Gasteiger partial charge < -0.3 is 5.73 Å². The Morgan fingerprint density at radius 3 is 2.12 bits per heavy atom. The zero-order valence-corrected chi connectivity index (χ0v) is 19.9. The van der Waals surface area contributed by atoms with Crippen molar-refractivity contribution in [3.8, 4) is 0 Å². The first kappa shape index (κ1) is 22.7. The lowest BCUT2D eigenvalue weighted by atomic mass is 9.76. The first-order valence-corrected chi connectivity index (χ1v) is 13.2. The maximum atomic E-state index is 15.0. The van der Waals surface area contributed by atoms with Gasteiger partial charge in [0, 0.05) is 16.7 Å². The van der Waals surface area contributed by atoms with Crippen LogP contribution >= 0.6 is 7.29 Å². The lowest BCUT2D eigenvalue weighted by molar-refractivity contribution is 0.397. The number of hydrogen-bond acceptors (Lipinski definition) is 2. The summed E-state index contributed by atoms with van der Waals surface area (Å²) in [6.45, 7) is 4.09. The molecule has 4 heteroatoms. The number of nitrogens with two attached hydrogens (primary N) is 1. The van der Waals surface area contributed by atoms with Crippen LogP contribution in [0.3, 0.4) is 0 Å². The Balaban J connectivity index is 1.95. The Bertz CT molecular complexity index is 1110. The second-order valence-electron chi connectivity index (χ2n) is 8.77. The van der Waals surface area contributed by atoms with Crippen LogP contribution in [0.15, 0.2) is 102 Å². The minimum Gasteiger partial charge on any atom is -0.326 e. The fraction of sp³-hybridized carbons (Fsp3) is 0.286. The van der Waals surface area contributed by atoms with Crippen LogP contribution in [-0.2, 0) is 10.1 Å². The largest absolute Gasteiger partial charge is 0.326 e. The average molecular weight is 445 g/mol. The quantitative estimate of drug-likeness (QED) is 0.497. The highest BCUT2D eigenvalue weighted by molar-refractivity contribution is 7.74. The molecule has 0 bridgehead atoms. The summed E-state index contributed by atoms with van der Waals surface area (Å²) in [6.07, 6.45) is 16.7. The van der Waals surface area contributed by atoms with E-state index in [0.29, 0.717) is 0 Å². The molecule has 3 atom stereocenters. The summed E-state index contributed by atoms with van der Waals surface area (Å²) in [5.41, 5.74) is 9.30. The summed E-state index contributed by atoms with van der Waals surface area (Å²) in [6, 6.07) is 17.9. The molecule has 1 unspecified atom stereocenters. The Hall–Kier alpha value is -2.45. The summed E-state index contributed by atoms with van der Waals surface area (Å²) in [4.78, 5) is 0. The van der Waals surface area contributed by atoms with Gasteiger partial charge in [-0.25, -0.2) is 5.09 Å². The predicted octanol–water partition coefficient (Wildman–Crippen LogP) is 6.24. The third-order valence-electron chi connectivity index (χ3n) is 6.43. The summed E-state index contributed by atoms with van der Waals surface area (Å²) >= 11 is 0. The van der Waals surface area contributed by atoms with Gasteiger partial charge in [-0.15, -0.1) is 0 Å². The summed E-state index contributed by atoms with van der Waals surface area (Å²) in [7, 11) is -3.20. The van der Waals surface area contributed by atoms with Crippen molar-refractivity contribution in [2.75, 3.05) is 0 Å². The van der Waals surface area contributed by atoms with E-state index in [9.17, 15) is 0 Å². The highest BCUT2D eigenvalue weighted by Gasteiger charge is 2.46. The van der Waals surface area contributed by atoms with Crippen LogP contribution in [0.25, 0.3) is 0 Å². The summed E-state index contributed by atoms with van der Waals surface area (Å²) in [5.74, 6) is 0. The van der Waals surface area contributed by atoms with E-state index < -0.39 is 12.8 Å². The van der Waals surface area contributed by atoms with Crippen LogP contribution in [0, 0.1) is 6.92 Å². The van der Waals surface area contributed by atoms with Crippen molar-refractivity contribution in [3.63, 3.8) is 0 Å². The maximum Gasteiger partial charge on any atom is 0.205 e. The van der Waals surface area contributed by atoms with E-state index in [-0.39, 0.29) is 6.04 Å². The van der Waals surface area contributed by atoms with Crippen molar-refractivity contribution in [3.05, 3.63) is 113 Å². The van der Waals surface area contributed by atoms with E-state index >= 15 is 4.57 Å². The van der Waals surface area contributed by atoms with Gasteiger partial charge in [0.05, 0.1) is 5.54 Å². The zero-order valence-electron chi connectivity index (χ0n) is 19.0. The Morgan fingerprint density at radius 1 is 0.906 bits per heavy atom. The molecule has 32 heavy (non-hydrogen) atoms. The SMILES string of the molecule is Cc1ccc([C@](NP(=O)(C2=CCCC=C2)c2ccccc2)(C2=CCCC=C2)[C@H](C)N)cc1. The second-order valence-corrected chi connectivity index (χ2v) is 11.2. The van der Waals surface area contributed by atoms with Gasteiger partial charge in [-0.1, -0.05) is 84.5 Å². The van der Waals surface area contributed by atoms with E-state index in [1.165, 1.54) is 5.56 Å². The minimum atomic E-state index is -3.20. The molecule has 166 valence electrons. The van der Waals surface area contributed by atoms with Gasteiger partial charge in [0.1, 0.15) is 0 Å². The fourth-order valence-corrected chi connectivity index (χ4v) is 7.45. The molecular weight excluding hydrogens is 411 g/mol. The average Bonchev–Trinajstić information content (AvgIpc) is 2.84. The normalized spacial score (nSPS) is 20.6. The fourth-order valence-electron chi connectivity index (χ4n) is 4.64. The van der Waals surface area contributed by atoms with Crippen LogP contribution in [0.1, 0.15) is 43.7 Å². The van der Waals surface area contributed by atoms with Crippen LogP contribution < -0.4 is 16.1 Å². The molecule has 3 nitrogen and oxygen atoms in total. The highest BCUT2D eigenvalue weighted by atomic mass is 31.2. The van der Waals surface area contributed by atoms with Crippen LogP contribution in [0.2, 0.25) is 0 Å². The number of nitrogens with one attached hydrogen (secondary N) is 1. The molecule has 0 spiro atoms. The predicted molar refractivity (Wildman–Crippen MR) is 136 cm³/mol. The van der Waals surface area contributed by atoms with E-state index in [1.807, 2.05) is 43.3 Å². The van der Waals surface area contributed by atoms with Crippen LogP contribution in [0.5, 0.6) is 0 Å². The van der Waals surface area contributed by atoms with Gasteiger partial charge in [-0.05, 0) is 62.8 Å². The molecule has 0 saturated carbocycles. The molecule has 0 amide bonds. The van der Waals surface area contributed by atoms with Gasteiger partial charge in [0.2, 0.25) is 7.29 Å². The first-order chi connectivity index (χ1) is 15.5. The number of hydrogen-bond donors (Lipinski definition) is 2. The molecule has 0 aromatic heterocycles. The zero-order chi connectivity index (χ0) is 22.6. The standard InChI is InChI=1S/C28H33N2OP/c1-22-18-20-25(21-19-22)28(23(2)29,24-12-6-3-7-13-24)30-32(31,26-14-8-4-9-15-26)27-16-10-5-11-17-27/h4,6,8-10,12-21,23H,3,5,7,11,29H2,1-2H3,(H,30,31)/t23-,28+,32?/m0/s1. The summed E-state index contributed by atoms with van der Waals surface area (Å²) < 4.78 is 15.0. The van der Waals surface area contributed by atoms with Crippen molar-refractivity contribution in [1.29, 1.82) is 0 Å². The van der Waals surface area contributed by atoms with Crippen LogP contribution in [0.4, 0.5) is 0 Å². The van der Waals surface area contributed by atoms with Gasteiger partial charge in [-0.3, -0.25) is 4.57 Å². The van der Waals surface area contributed by atoms with Gasteiger partial charge in [-0.2, -0.15) is 0 Å². The lowest BCUT2D eigenvalue weighted by Gasteiger charge is -2.44. The van der Waals surface area contributed by atoms with E-state index in [4.69, 9.17) is 5.73 Å². The van der Waals surface area contributed by atoms with E-state index in [2.05, 4.69) is 66.7 Å². The van der Waals surface area contributed by atoms with Gasteiger partial charge >= 0.3 is 0 Å². The van der Waals surface area contributed by atoms with Gasteiger partial charge in [0.15, 0.2) is 0 Å². The molecule has 3 N–H and O–H groups in total. The summed E-state index contributed by atoms with van der Waals surface area (Å²) in [5, 5.41) is 5.38. The first-order valence-electron chi connectivity index (χ1n) is 11.5. The van der Waals surface area contributed by atoms with E-state index in [1.54, 1.807) is 0 Å². The highest BCUT2D eigenvalue weighted by Crippen LogP contribution is 2.55. The molecule has 0 heterocycles. The maximum absolute atomic E-state index is 15.0. The molecule has 4 rings (SSSR count). The molecule has 0 fully saturated rings. The van der Waals surface area contributed by atoms with Crippen molar-refractivity contribution in [2.24, 2.45) is 5.73 Å². The third-order valence-corrected chi connectivity index (χ3v) is 9.18. The van der Waals surface area contributed by atoms with Crippen molar-refractivity contribution >= 4 is 12.6 Å². The van der Waals surface area contributed by atoms with Crippen molar-refractivity contribution in [1.82, 2.24) is 5.09 Å². The third kappa shape index (κ3) is 4.26. The number of benzene rings is 2. The number of aryl methyl sites for hydroxylation is 1. The Kier molecular flexibility index (Phi) is 6.81. The smallest absolute Gasteiger partial charge is 0.205 e. The molecule has 0 aliphatic heterocycles. The second kappa shape index (κ2) is 9.58. The van der Waals surface area contributed by atoms with Gasteiger partial charge in [0.25, 0.3) is 0 Å². The molecule has 2 aliphatic rings. The monoisotopic (exact) mass is 444 g/mol. The van der Waals surface area contributed by atoms with Crippen molar-refractivity contribution in [2.45, 2.75) is 51.1 Å². The lowest BCUT2D eigenvalue weighted by Crippen LogP contribution is -2.55. The van der Waals surface area contributed by atoms with E-state index in [0.717, 1.165) is 47.4 Å². The van der Waals surface area contributed by atoms with Crippen LogP contribution in [-0.4, -0.2) is 6.04 Å². The Morgan fingerprint density at radius 2 is 1.56 bits per heavy atom. The molecular formula is C28H33N2OP. The molecule has 0 saturated heterocycles. The Labute approximate surface area is 192 Å². The topological polar surface area (TPSA) is 55.1 Å². The molecule has 2 aliphatic carbocycles. The molecule has 2 aromatic carbocycles. The number of rotatable bonds is 7. The molecule has 0 radical (unpaired) electrons. The van der Waals surface area contributed by atoms with Crippen molar-refractivity contribution < 1.29 is 4.57 Å². The minimum absolute atomic E-state index is 0.315. The molecule has 2 aromatic rings. The number of allylic oxidation sites excluding steroid dienone is 6.